The Balaban J connectivity index is 1.34. The molecule has 0 spiro atoms. The Morgan fingerprint density at radius 2 is 1.75 bits per heavy atom. The Hall–Kier alpha value is -3.66. The molecule has 3 aromatic carbocycles. The average molecular weight is 564 g/mol. The molecule has 0 fully saturated rings. The fourth-order valence-electron chi connectivity index (χ4n) is 4.41. The molecule has 0 aliphatic heterocycles. The van der Waals surface area contributed by atoms with Crippen LogP contribution in [0, 0.1) is 0 Å². The van der Waals surface area contributed by atoms with Gasteiger partial charge in [0, 0.05) is 41.4 Å². The van der Waals surface area contributed by atoms with Crippen LogP contribution >= 0.6 is 0 Å². The highest BCUT2D eigenvalue weighted by molar-refractivity contribution is 7.92. The zero-order valence-electron chi connectivity index (χ0n) is 23.3. The van der Waals surface area contributed by atoms with Gasteiger partial charge in [0.25, 0.3) is 10.0 Å². The van der Waals surface area contributed by atoms with E-state index in [9.17, 15) is 18.3 Å². The molecule has 1 aromatic heterocycles. The van der Waals surface area contributed by atoms with Crippen molar-refractivity contribution >= 4 is 32.6 Å². The Bertz CT molecular complexity index is 1560. The highest BCUT2D eigenvalue weighted by atomic mass is 32.2. The summed E-state index contributed by atoms with van der Waals surface area (Å²) in [6, 6.07) is 22.5. The molecule has 0 saturated heterocycles. The van der Waals surface area contributed by atoms with Gasteiger partial charge in [-0.2, -0.15) is 0 Å². The molecule has 4 aromatic rings. The second kappa shape index (κ2) is 12.2. The van der Waals surface area contributed by atoms with Crippen LogP contribution in [0.5, 0.6) is 0 Å². The number of aliphatic hydroxyl groups is 1. The largest absolute Gasteiger partial charge is 0.459 e. The summed E-state index contributed by atoms with van der Waals surface area (Å²) in [5, 5.41) is 15.3. The number of nitrogens with one attached hydrogen (secondary N) is 2. The van der Waals surface area contributed by atoms with Crippen molar-refractivity contribution in [2.75, 3.05) is 11.3 Å². The average Bonchev–Trinajstić information content (AvgIpc) is 3.33. The van der Waals surface area contributed by atoms with Gasteiger partial charge in [0.2, 0.25) is 0 Å². The van der Waals surface area contributed by atoms with E-state index in [-0.39, 0.29) is 22.5 Å². The van der Waals surface area contributed by atoms with Gasteiger partial charge in [0.15, 0.2) is 0 Å². The molecule has 1 heterocycles. The normalized spacial score (nSPS) is 12.9. The van der Waals surface area contributed by atoms with Crippen LogP contribution in [0.15, 0.2) is 90.0 Å². The number of esters is 1. The molecule has 212 valence electrons. The van der Waals surface area contributed by atoms with Gasteiger partial charge in [-0.25, -0.2) is 13.2 Å². The topological polar surface area (TPSA) is 110 Å². The predicted octanol–water partition coefficient (Wildman–Crippen LogP) is 5.50. The van der Waals surface area contributed by atoms with Gasteiger partial charge in [-0.3, -0.25) is 4.72 Å². The molecule has 0 amide bonds. The number of hydrogen-bond acceptors (Lipinski definition) is 6. The number of carbonyl (C=O) groups is 1. The van der Waals surface area contributed by atoms with Gasteiger partial charge in [-0.05, 0) is 88.2 Å². The molecule has 1 atom stereocenters. The molecular formula is C31H37N3O5S. The molecule has 0 aliphatic rings. The Kier molecular flexibility index (Phi) is 8.98. The van der Waals surface area contributed by atoms with E-state index >= 15 is 0 Å². The Morgan fingerprint density at radius 1 is 1.00 bits per heavy atom. The number of aliphatic hydroxyl groups excluding tert-OH is 1. The van der Waals surface area contributed by atoms with Crippen LogP contribution in [0.2, 0.25) is 0 Å². The summed E-state index contributed by atoms with van der Waals surface area (Å²) < 4.78 is 35.4. The van der Waals surface area contributed by atoms with E-state index in [4.69, 9.17) is 4.74 Å². The third-order valence-electron chi connectivity index (χ3n) is 6.68. The number of sulfonamides is 1. The SMILES string of the molecule is CC(C)OC(=O)c1ccc2c(ccn2CCC(C)(C)NCC(O)c2cccc(NS(=O)(=O)c3ccccc3)c2)c1. The second-order valence-electron chi connectivity index (χ2n) is 10.8. The van der Waals surface area contributed by atoms with E-state index in [2.05, 4.69) is 28.5 Å². The third-order valence-corrected chi connectivity index (χ3v) is 8.08. The van der Waals surface area contributed by atoms with E-state index in [0.29, 0.717) is 23.4 Å². The summed E-state index contributed by atoms with van der Waals surface area (Å²) >= 11 is 0. The molecular weight excluding hydrogens is 526 g/mol. The number of aryl methyl sites for hydroxylation is 1. The number of carbonyl (C=O) groups excluding carboxylic acids is 1. The Morgan fingerprint density at radius 3 is 2.48 bits per heavy atom. The monoisotopic (exact) mass is 563 g/mol. The highest BCUT2D eigenvalue weighted by Gasteiger charge is 2.21. The van der Waals surface area contributed by atoms with Crippen LogP contribution in [0.1, 0.15) is 56.1 Å². The van der Waals surface area contributed by atoms with Crippen LogP contribution in [-0.4, -0.2) is 42.2 Å². The van der Waals surface area contributed by atoms with E-state index in [0.717, 1.165) is 23.9 Å². The first-order valence-electron chi connectivity index (χ1n) is 13.3. The van der Waals surface area contributed by atoms with Crippen molar-refractivity contribution in [3.05, 3.63) is 96.2 Å². The van der Waals surface area contributed by atoms with E-state index in [1.165, 1.54) is 12.1 Å². The minimum Gasteiger partial charge on any atom is -0.459 e. The lowest BCUT2D eigenvalue weighted by atomic mass is 9.99. The molecule has 0 radical (unpaired) electrons. The van der Waals surface area contributed by atoms with Gasteiger partial charge >= 0.3 is 5.97 Å². The smallest absolute Gasteiger partial charge is 0.338 e. The number of nitrogens with zero attached hydrogens (tertiary/aromatic N) is 1. The van der Waals surface area contributed by atoms with Crippen molar-refractivity contribution in [2.24, 2.45) is 0 Å². The van der Waals surface area contributed by atoms with Gasteiger partial charge in [-0.15, -0.1) is 0 Å². The molecule has 0 bridgehead atoms. The third kappa shape index (κ3) is 7.50. The van der Waals surface area contributed by atoms with E-state index in [1.54, 1.807) is 48.5 Å². The minimum absolute atomic E-state index is 0.169. The number of anilines is 1. The number of aromatic nitrogens is 1. The van der Waals surface area contributed by atoms with Gasteiger partial charge < -0.3 is 19.7 Å². The fourth-order valence-corrected chi connectivity index (χ4v) is 5.48. The lowest BCUT2D eigenvalue weighted by Gasteiger charge is -2.28. The summed E-state index contributed by atoms with van der Waals surface area (Å²) in [4.78, 5) is 12.4. The first-order chi connectivity index (χ1) is 18.9. The first kappa shape index (κ1) is 29.3. The van der Waals surface area contributed by atoms with E-state index < -0.39 is 16.1 Å². The van der Waals surface area contributed by atoms with Gasteiger partial charge in [0.05, 0.1) is 22.7 Å². The summed E-state index contributed by atoms with van der Waals surface area (Å²) in [5.41, 5.74) is 2.28. The number of ether oxygens (including phenoxy) is 1. The highest BCUT2D eigenvalue weighted by Crippen LogP contribution is 2.23. The van der Waals surface area contributed by atoms with Crippen molar-refractivity contribution in [3.63, 3.8) is 0 Å². The molecule has 40 heavy (non-hydrogen) atoms. The molecule has 4 rings (SSSR count). The van der Waals surface area contributed by atoms with Crippen LogP contribution in [0.25, 0.3) is 10.9 Å². The minimum atomic E-state index is -3.72. The Labute approximate surface area is 236 Å². The molecule has 8 nitrogen and oxygen atoms in total. The molecule has 0 saturated carbocycles. The molecule has 0 aliphatic carbocycles. The van der Waals surface area contributed by atoms with Crippen molar-refractivity contribution < 1.29 is 23.1 Å². The molecule has 1 unspecified atom stereocenters. The van der Waals surface area contributed by atoms with Gasteiger partial charge in [-0.1, -0.05) is 30.3 Å². The van der Waals surface area contributed by atoms with Crippen molar-refractivity contribution in [1.82, 2.24) is 9.88 Å². The van der Waals surface area contributed by atoms with Crippen LogP contribution in [0.4, 0.5) is 5.69 Å². The summed E-state index contributed by atoms with van der Waals surface area (Å²) in [7, 11) is -3.72. The van der Waals surface area contributed by atoms with Crippen LogP contribution in [-0.2, 0) is 21.3 Å². The number of hydrogen-bond donors (Lipinski definition) is 3. The zero-order valence-corrected chi connectivity index (χ0v) is 24.1. The maximum Gasteiger partial charge on any atom is 0.338 e. The fraction of sp³-hybridized carbons (Fsp3) is 0.323. The quantitative estimate of drug-likeness (QED) is 0.196. The second-order valence-corrected chi connectivity index (χ2v) is 12.5. The summed E-state index contributed by atoms with van der Waals surface area (Å²) in [6.45, 7) is 8.86. The van der Waals surface area contributed by atoms with E-state index in [1.807, 2.05) is 38.2 Å². The number of β-amino-alcohol motifs (C(OH)–C–C–N with tert-alkyl or cyclic N) is 1. The lowest BCUT2D eigenvalue weighted by Crippen LogP contribution is -2.42. The number of rotatable bonds is 12. The predicted molar refractivity (Wildman–Crippen MR) is 158 cm³/mol. The number of fused-ring (bicyclic) bond motifs is 1. The van der Waals surface area contributed by atoms with Gasteiger partial charge in [0.1, 0.15) is 0 Å². The summed E-state index contributed by atoms with van der Waals surface area (Å²) in [5.74, 6) is -0.326. The molecule has 3 N–H and O–H groups in total. The van der Waals surface area contributed by atoms with Crippen LogP contribution in [0.3, 0.4) is 0 Å². The standard InChI is InChI=1S/C31H37N3O5S/c1-22(2)39-30(36)25-13-14-28-23(19-25)15-17-34(28)18-16-31(3,4)32-21-29(35)24-9-8-10-26(20-24)33-40(37,38)27-11-6-5-7-12-27/h5-15,17,19-20,22,29,32-33,35H,16,18,21H2,1-4H3. The first-order valence-corrected chi connectivity index (χ1v) is 14.8. The maximum atomic E-state index is 12.7. The van der Waals surface area contributed by atoms with Crippen molar-refractivity contribution in [1.29, 1.82) is 0 Å². The number of benzene rings is 3. The molecule has 9 heteroatoms. The van der Waals surface area contributed by atoms with Crippen molar-refractivity contribution in [2.45, 2.75) is 63.3 Å². The van der Waals surface area contributed by atoms with Crippen molar-refractivity contribution in [3.8, 4) is 0 Å². The maximum absolute atomic E-state index is 12.7. The van der Waals surface area contributed by atoms with Crippen LogP contribution < -0.4 is 10.0 Å². The zero-order chi connectivity index (χ0) is 28.9. The lowest BCUT2D eigenvalue weighted by molar-refractivity contribution is 0.0378. The summed E-state index contributed by atoms with van der Waals surface area (Å²) in [6.07, 6.45) is 1.81.